The van der Waals surface area contributed by atoms with Gasteiger partial charge in [0, 0.05) is 87.8 Å². The monoisotopic (exact) mass is 1410 g/mol. The number of likely N-dealkylation sites (N-methyl/N-ethyl adjacent to an activating group) is 6. The molecule has 26 heteroatoms. The van der Waals surface area contributed by atoms with Gasteiger partial charge in [-0.25, -0.2) is 0 Å². The van der Waals surface area contributed by atoms with Gasteiger partial charge in [0.05, 0.1) is 25.2 Å². The fourth-order valence-corrected chi connectivity index (χ4v) is 13.7. The van der Waals surface area contributed by atoms with Crippen LogP contribution in [0.5, 0.6) is 0 Å². The summed E-state index contributed by atoms with van der Waals surface area (Å²) in [5.74, 6) is -9.80. The first-order valence-corrected chi connectivity index (χ1v) is 36.2. The average molecular weight is 1410 g/mol. The van der Waals surface area contributed by atoms with Crippen molar-refractivity contribution in [2.75, 3.05) is 75.1 Å². The van der Waals surface area contributed by atoms with E-state index in [1.165, 1.54) is 78.6 Å². The number of carbonyl (C=O) groups excluding carboxylic acids is 12. The van der Waals surface area contributed by atoms with Crippen molar-refractivity contribution in [2.45, 2.75) is 226 Å². The summed E-state index contributed by atoms with van der Waals surface area (Å²) in [4.78, 5) is 191. The molecule has 0 saturated carbocycles. The van der Waals surface area contributed by atoms with E-state index in [1.54, 1.807) is 86.3 Å². The van der Waals surface area contributed by atoms with E-state index in [0.29, 0.717) is 37.1 Å². The number of likely N-dealkylation sites (tertiary alicyclic amines) is 1. The van der Waals surface area contributed by atoms with Crippen molar-refractivity contribution in [3.63, 3.8) is 0 Å². The molecule has 0 aliphatic carbocycles. The minimum atomic E-state index is -1.73. The van der Waals surface area contributed by atoms with Crippen LogP contribution in [0.4, 0.5) is 0 Å². The Kier molecular flexibility index (Phi) is 32.2. The minimum Gasteiger partial charge on any atom is -0.391 e. The van der Waals surface area contributed by atoms with E-state index >= 15 is 38.4 Å². The molecule has 2 aromatic carbocycles. The fourth-order valence-electron chi connectivity index (χ4n) is 13.7. The molecule has 562 valence electrons. The fraction of sp³-hybridized carbons (Fsp3) is 0.680. The highest BCUT2D eigenvalue weighted by molar-refractivity contribution is 6.00. The molecule has 3 heterocycles. The molecule has 0 radical (unpaired) electrons. The number of hydrogen-bond acceptors (Lipinski definition) is 14. The zero-order valence-electron chi connectivity index (χ0n) is 63.2. The minimum absolute atomic E-state index is 0.0226. The number of amides is 12. The highest BCUT2D eigenvalue weighted by Gasteiger charge is 2.48. The molecule has 12 amide bonds. The van der Waals surface area contributed by atoms with Crippen LogP contribution in [0.15, 0.2) is 60.7 Å². The second kappa shape index (κ2) is 38.9. The molecule has 2 aromatic rings. The van der Waals surface area contributed by atoms with E-state index in [0.717, 1.165) is 11.3 Å². The molecule has 26 nitrogen and oxygen atoms in total. The smallest absolute Gasteiger partial charge is 0.248 e. The number of rotatable bonds is 17. The molecule has 3 aliphatic heterocycles. The summed E-state index contributed by atoms with van der Waals surface area (Å²) in [6, 6.07) is 4.31. The quantitative estimate of drug-likeness (QED) is 0.151. The van der Waals surface area contributed by atoms with Gasteiger partial charge in [0.15, 0.2) is 0 Å². The lowest BCUT2D eigenvalue weighted by atomic mass is 9.95. The van der Waals surface area contributed by atoms with Gasteiger partial charge in [-0.05, 0) is 99.5 Å². The summed E-state index contributed by atoms with van der Waals surface area (Å²) < 4.78 is 6.08. The molecule has 0 unspecified atom stereocenters. The van der Waals surface area contributed by atoms with Gasteiger partial charge in [0.1, 0.15) is 60.4 Å². The van der Waals surface area contributed by atoms with Gasteiger partial charge in [-0.3, -0.25) is 57.5 Å². The molecule has 3 saturated heterocycles. The second-order valence-corrected chi connectivity index (χ2v) is 29.9. The third kappa shape index (κ3) is 23.0. The van der Waals surface area contributed by atoms with Gasteiger partial charge < -0.3 is 70.3 Å². The molecule has 101 heavy (non-hydrogen) atoms. The predicted molar refractivity (Wildman–Crippen MR) is 383 cm³/mol. The van der Waals surface area contributed by atoms with Crippen LogP contribution < -0.4 is 21.3 Å². The Bertz CT molecular complexity index is 3140. The zero-order chi connectivity index (χ0) is 75.4. The number of fused-ring (bicyclic) bond motifs is 1. The van der Waals surface area contributed by atoms with Crippen LogP contribution in [0.2, 0.25) is 0 Å². The maximum atomic E-state index is 15.7. The molecule has 3 fully saturated rings. The van der Waals surface area contributed by atoms with Gasteiger partial charge in [-0.1, -0.05) is 130 Å². The number of hydrogen-bond donors (Lipinski definition) is 5. The van der Waals surface area contributed by atoms with Crippen molar-refractivity contribution in [2.24, 2.45) is 29.6 Å². The molecule has 3 aliphatic rings. The Morgan fingerprint density at radius 3 is 1.37 bits per heavy atom. The number of aliphatic hydroxyl groups is 1. The topological polar surface area (TPSA) is 308 Å². The molecule has 0 bridgehead atoms. The summed E-state index contributed by atoms with van der Waals surface area (Å²) >= 11 is 0. The van der Waals surface area contributed by atoms with E-state index in [2.05, 4.69) is 21.3 Å². The maximum Gasteiger partial charge on any atom is 0.248 e. The summed E-state index contributed by atoms with van der Waals surface area (Å²) in [5.41, 5.74) is 1.24. The van der Waals surface area contributed by atoms with Gasteiger partial charge in [-0.2, -0.15) is 0 Å². The van der Waals surface area contributed by atoms with Crippen molar-refractivity contribution in [3.05, 3.63) is 71.8 Å². The lowest BCUT2D eigenvalue weighted by Gasteiger charge is -2.40. The molecule has 0 aromatic heterocycles. The molecular weight excluding hydrogens is 1290 g/mol. The van der Waals surface area contributed by atoms with Crippen LogP contribution in [0.3, 0.4) is 0 Å². The zero-order valence-corrected chi connectivity index (χ0v) is 63.2. The molecule has 12 atom stereocenters. The normalized spacial score (nSPS) is 26.3. The standard InChI is InChI=1S/C75H118N12O14/c1-19-101-53-41-56-67(92)77-54(69(94)86-33-27-22-28-34-86)42-62(89)78-64(49(10)11)68(93)76-43-63(90)80(13)57(35-45(2)3)70(95)82(15)59(37-47(6)7)72(97)83(16)58(36-46(4)5)71(96)81(14)55(39-51-29-23-20-24-30-51)66(91)79-65(50(12)88)75(100)85(18)61(40-52-31-25-21-26-32-52)73(98)84(17)60(38-48(8)9)74(99)87(56)44-53/h20-21,23-26,29-32,45-50,53-61,64-65,88H,19,22,27-28,33-44H2,1-18H3,(H,76,93)(H,77,92)(H,78,89)(H,79,91)/t50-,53-,54+,55+,56+,57+,58+,59+,60+,61+,64+,65+/m1/s1. The van der Waals surface area contributed by atoms with Gasteiger partial charge in [-0.15, -0.1) is 0 Å². The van der Waals surface area contributed by atoms with Crippen LogP contribution in [0.25, 0.3) is 0 Å². The summed E-state index contributed by atoms with van der Waals surface area (Å²) in [5, 5.41) is 22.7. The molecule has 5 rings (SSSR count). The van der Waals surface area contributed by atoms with Gasteiger partial charge in [0.25, 0.3) is 0 Å². The van der Waals surface area contributed by atoms with E-state index in [9.17, 15) is 24.3 Å². The first kappa shape index (κ1) is 83.7. The number of benzene rings is 2. The van der Waals surface area contributed by atoms with Crippen LogP contribution >= 0.6 is 0 Å². The number of aliphatic hydroxyl groups excluding tert-OH is 1. The van der Waals surface area contributed by atoms with Crippen LogP contribution in [-0.4, -0.2) is 263 Å². The summed E-state index contributed by atoms with van der Waals surface area (Å²) in [6.45, 7) is 21.6. The number of ether oxygens (including phenoxy) is 1. The lowest BCUT2D eigenvalue weighted by molar-refractivity contribution is -0.155. The molecule has 0 spiro atoms. The average Bonchev–Trinajstić information content (AvgIpc) is 1.79. The van der Waals surface area contributed by atoms with E-state index in [4.69, 9.17) is 4.74 Å². The van der Waals surface area contributed by atoms with Gasteiger partial charge in [0.2, 0.25) is 70.9 Å². The Morgan fingerprint density at radius 1 is 0.495 bits per heavy atom. The highest BCUT2D eigenvalue weighted by Crippen LogP contribution is 2.29. The number of piperidine rings is 1. The first-order chi connectivity index (χ1) is 47.5. The van der Waals surface area contributed by atoms with Crippen molar-refractivity contribution < 1.29 is 67.4 Å². The third-order valence-electron chi connectivity index (χ3n) is 19.6. The Labute approximate surface area is 599 Å². The van der Waals surface area contributed by atoms with Crippen molar-refractivity contribution in [1.82, 2.24) is 60.5 Å². The first-order valence-electron chi connectivity index (χ1n) is 36.2. The predicted octanol–water partition coefficient (Wildman–Crippen LogP) is 3.65. The third-order valence-corrected chi connectivity index (χ3v) is 19.6. The Balaban J connectivity index is 1.71. The highest BCUT2D eigenvalue weighted by atomic mass is 16.5. The second-order valence-electron chi connectivity index (χ2n) is 29.9. The molecule has 5 N–H and O–H groups in total. The van der Waals surface area contributed by atoms with E-state index < -0.39 is 162 Å². The summed E-state index contributed by atoms with van der Waals surface area (Å²) in [7, 11) is 8.61. The van der Waals surface area contributed by atoms with E-state index in [1.807, 2.05) is 55.4 Å². The van der Waals surface area contributed by atoms with Crippen molar-refractivity contribution in [3.8, 4) is 0 Å². The van der Waals surface area contributed by atoms with Crippen LogP contribution in [0.1, 0.15) is 152 Å². The van der Waals surface area contributed by atoms with Crippen LogP contribution in [-0.2, 0) is 75.1 Å². The number of carbonyl (C=O) groups is 12. The van der Waals surface area contributed by atoms with E-state index in [-0.39, 0.29) is 81.8 Å². The number of nitrogens with zero attached hydrogens (tertiary/aromatic N) is 8. The number of nitrogens with one attached hydrogen (secondary N) is 4. The van der Waals surface area contributed by atoms with Crippen LogP contribution in [0, 0.1) is 29.6 Å². The largest absolute Gasteiger partial charge is 0.391 e. The van der Waals surface area contributed by atoms with Gasteiger partial charge >= 0.3 is 0 Å². The van der Waals surface area contributed by atoms with Crippen molar-refractivity contribution >= 4 is 70.9 Å². The summed E-state index contributed by atoms with van der Waals surface area (Å²) in [6.07, 6.45) is -0.465. The SMILES string of the molecule is CCO[C@@H]1C[C@H]2C(=O)N[C@H](C(=O)N3CCCCC3)CC(=O)N[C@@H](C(C)C)C(=O)NCC(=O)N(C)[C@@H](CC(C)C)C(=O)N(C)[C@@H](CC(C)C)C(=O)N(C)[C@@H](CC(C)C)C(=O)N(C)[C@@H](Cc3ccccc3)C(=O)N[C@@H]([C@@H](C)O)C(=O)N(C)[C@@H](Cc3ccccc3)C(=O)N(C)[C@@H](CC(C)C)C(=O)N2C1. The molecular formula is C75H118N12O14. The Morgan fingerprint density at radius 2 is 0.921 bits per heavy atom. The Hall–Kier alpha value is -8.00. The maximum absolute atomic E-state index is 15.7. The lowest BCUT2D eigenvalue weighted by Crippen LogP contribution is -2.63. The van der Waals surface area contributed by atoms with Crippen molar-refractivity contribution in [1.29, 1.82) is 0 Å².